The highest BCUT2D eigenvalue weighted by Gasteiger charge is 2.24. The number of halogens is 1. The Labute approximate surface area is 101 Å². The van der Waals surface area contributed by atoms with E-state index in [4.69, 9.17) is 16.8 Å². The third-order valence-electron chi connectivity index (χ3n) is 3.22. The van der Waals surface area contributed by atoms with Crippen molar-refractivity contribution in [2.45, 2.75) is 31.1 Å². The van der Waals surface area contributed by atoms with E-state index in [0.29, 0.717) is 11.3 Å². The highest BCUT2D eigenvalue weighted by molar-refractivity contribution is 6.20. The molecule has 1 N–H and O–H groups in total. The van der Waals surface area contributed by atoms with Crippen LogP contribution in [-0.2, 0) is 0 Å². The number of alkyl halides is 1. The molecule has 1 fully saturated rings. The molecule has 0 bridgehead atoms. The number of hydrogen-bond acceptors (Lipinski definition) is 2. The van der Waals surface area contributed by atoms with Gasteiger partial charge < -0.3 is 5.21 Å². The van der Waals surface area contributed by atoms with Crippen LogP contribution in [0.4, 0.5) is 0 Å². The largest absolute Gasteiger partial charge is 0.411 e. The minimum atomic E-state index is 0.298. The zero-order valence-corrected chi connectivity index (χ0v) is 9.90. The molecule has 86 valence electrons. The van der Waals surface area contributed by atoms with Crippen molar-refractivity contribution < 1.29 is 5.21 Å². The summed E-state index contributed by atoms with van der Waals surface area (Å²) in [4.78, 5) is 0. The quantitative estimate of drug-likeness (QED) is 0.362. The molecular weight excluding hydrogens is 222 g/mol. The summed E-state index contributed by atoms with van der Waals surface area (Å²) < 4.78 is 0. The van der Waals surface area contributed by atoms with E-state index in [1.807, 2.05) is 30.3 Å². The van der Waals surface area contributed by atoms with Crippen molar-refractivity contribution in [2.24, 2.45) is 11.1 Å². The third-order valence-corrected chi connectivity index (χ3v) is 3.66. The van der Waals surface area contributed by atoms with E-state index in [2.05, 4.69) is 5.16 Å². The first-order chi connectivity index (χ1) is 7.81. The lowest BCUT2D eigenvalue weighted by molar-refractivity contribution is 0.311. The van der Waals surface area contributed by atoms with Gasteiger partial charge >= 0.3 is 0 Å². The van der Waals surface area contributed by atoms with Gasteiger partial charge in [0.15, 0.2) is 0 Å². The standard InChI is InChI=1S/C13H16ClNO/c14-12-8-6-11(7-9-12)13(15-16)10-4-2-1-3-5-10/h1-5,11-12,16H,6-9H2/b15-13+. The first-order valence-electron chi connectivity index (χ1n) is 5.72. The molecule has 2 nitrogen and oxygen atoms in total. The van der Waals surface area contributed by atoms with Gasteiger partial charge in [0.05, 0.1) is 5.71 Å². The molecule has 2 rings (SSSR count). The maximum atomic E-state index is 9.15. The molecule has 0 saturated heterocycles. The predicted octanol–water partition coefficient (Wildman–Crippen LogP) is 3.66. The van der Waals surface area contributed by atoms with Crippen LogP contribution in [0.15, 0.2) is 35.5 Å². The molecular formula is C13H16ClNO. The minimum Gasteiger partial charge on any atom is -0.411 e. The van der Waals surface area contributed by atoms with E-state index in [9.17, 15) is 0 Å². The highest BCUT2D eigenvalue weighted by atomic mass is 35.5. The Kier molecular flexibility index (Phi) is 3.83. The summed E-state index contributed by atoms with van der Waals surface area (Å²) in [7, 11) is 0. The van der Waals surface area contributed by atoms with Crippen LogP contribution in [0.3, 0.4) is 0 Å². The van der Waals surface area contributed by atoms with E-state index in [1.165, 1.54) is 0 Å². The van der Waals surface area contributed by atoms with Gasteiger partial charge in [-0.2, -0.15) is 0 Å². The Bertz CT molecular complexity index is 355. The lowest BCUT2D eigenvalue weighted by Gasteiger charge is -2.25. The Morgan fingerprint density at radius 2 is 1.75 bits per heavy atom. The Morgan fingerprint density at radius 1 is 1.12 bits per heavy atom. The van der Waals surface area contributed by atoms with Gasteiger partial charge in [-0.3, -0.25) is 0 Å². The zero-order valence-electron chi connectivity index (χ0n) is 9.14. The van der Waals surface area contributed by atoms with E-state index in [-0.39, 0.29) is 0 Å². The molecule has 0 spiro atoms. The maximum absolute atomic E-state index is 9.15. The lowest BCUT2D eigenvalue weighted by Crippen LogP contribution is -2.22. The summed E-state index contributed by atoms with van der Waals surface area (Å²) in [6, 6.07) is 9.87. The van der Waals surface area contributed by atoms with E-state index in [1.54, 1.807) is 0 Å². The zero-order chi connectivity index (χ0) is 11.4. The van der Waals surface area contributed by atoms with Crippen LogP contribution in [0.25, 0.3) is 0 Å². The van der Waals surface area contributed by atoms with Crippen molar-refractivity contribution in [1.82, 2.24) is 0 Å². The van der Waals surface area contributed by atoms with Crippen molar-refractivity contribution in [3.8, 4) is 0 Å². The third kappa shape index (κ3) is 2.56. The molecule has 16 heavy (non-hydrogen) atoms. The molecule has 1 aromatic rings. The molecule has 0 aliphatic heterocycles. The first kappa shape index (κ1) is 11.5. The van der Waals surface area contributed by atoms with Crippen molar-refractivity contribution >= 4 is 17.3 Å². The van der Waals surface area contributed by atoms with Crippen molar-refractivity contribution in [3.63, 3.8) is 0 Å². The molecule has 1 saturated carbocycles. The molecule has 0 atom stereocenters. The van der Waals surface area contributed by atoms with Gasteiger partial charge in [0.1, 0.15) is 0 Å². The van der Waals surface area contributed by atoms with Gasteiger partial charge in [-0.15, -0.1) is 11.6 Å². The van der Waals surface area contributed by atoms with Crippen LogP contribution in [0.1, 0.15) is 31.2 Å². The first-order valence-corrected chi connectivity index (χ1v) is 6.16. The summed E-state index contributed by atoms with van der Waals surface area (Å²) in [6.07, 6.45) is 4.06. The molecule has 0 radical (unpaired) electrons. The van der Waals surface area contributed by atoms with E-state index >= 15 is 0 Å². The van der Waals surface area contributed by atoms with Crippen LogP contribution in [-0.4, -0.2) is 16.3 Å². The Morgan fingerprint density at radius 3 is 2.31 bits per heavy atom. The number of oxime groups is 1. The molecule has 0 heterocycles. The van der Waals surface area contributed by atoms with Crippen molar-refractivity contribution in [3.05, 3.63) is 35.9 Å². The van der Waals surface area contributed by atoms with Crippen LogP contribution in [0.5, 0.6) is 0 Å². The van der Waals surface area contributed by atoms with Gasteiger partial charge in [0.25, 0.3) is 0 Å². The maximum Gasteiger partial charge on any atom is 0.0898 e. The lowest BCUT2D eigenvalue weighted by atomic mass is 9.83. The fourth-order valence-corrected chi connectivity index (χ4v) is 2.56. The molecule has 1 aliphatic rings. The summed E-state index contributed by atoms with van der Waals surface area (Å²) in [5.74, 6) is 0.349. The van der Waals surface area contributed by atoms with E-state index in [0.717, 1.165) is 37.0 Å². The summed E-state index contributed by atoms with van der Waals surface area (Å²) in [5, 5.41) is 12.9. The number of nitrogens with zero attached hydrogens (tertiary/aromatic N) is 1. The fourth-order valence-electron chi connectivity index (χ4n) is 2.31. The molecule has 0 aromatic heterocycles. The smallest absolute Gasteiger partial charge is 0.0898 e. The monoisotopic (exact) mass is 237 g/mol. The number of benzene rings is 1. The fraction of sp³-hybridized carbons (Fsp3) is 0.462. The SMILES string of the molecule is O/N=C(\c1ccccc1)C1CCC(Cl)CC1. The van der Waals surface area contributed by atoms with Crippen molar-refractivity contribution in [1.29, 1.82) is 0 Å². The summed E-state index contributed by atoms with van der Waals surface area (Å²) in [6.45, 7) is 0. The topological polar surface area (TPSA) is 32.6 Å². The van der Waals surface area contributed by atoms with Crippen LogP contribution in [0, 0.1) is 5.92 Å². The minimum absolute atomic E-state index is 0.298. The van der Waals surface area contributed by atoms with Gasteiger partial charge in [0.2, 0.25) is 0 Å². The molecule has 0 unspecified atom stereocenters. The Hall–Kier alpha value is -1.02. The second-order valence-electron chi connectivity index (χ2n) is 4.30. The van der Waals surface area contributed by atoms with Crippen LogP contribution >= 0.6 is 11.6 Å². The number of rotatable bonds is 2. The molecule has 1 aliphatic carbocycles. The Balaban J connectivity index is 2.12. The van der Waals surface area contributed by atoms with Crippen molar-refractivity contribution in [2.75, 3.05) is 0 Å². The highest BCUT2D eigenvalue weighted by Crippen LogP contribution is 2.30. The molecule has 3 heteroatoms. The summed E-state index contributed by atoms with van der Waals surface area (Å²) in [5.41, 5.74) is 1.83. The van der Waals surface area contributed by atoms with Gasteiger partial charge in [-0.25, -0.2) is 0 Å². The molecule has 1 aromatic carbocycles. The van der Waals surface area contributed by atoms with E-state index < -0.39 is 0 Å². The van der Waals surface area contributed by atoms with Crippen LogP contribution in [0.2, 0.25) is 0 Å². The normalized spacial score (nSPS) is 26.7. The average molecular weight is 238 g/mol. The van der Waals surface area contributed by atoms with Gasteiger partial charge in [0, 0.05) is 11.3 Å². The predicted molar refractivity (Wildman–Crippen MR) is 66.4 cm³/mol. The van der Waals surface area contributed by atoms with Gasteiger partial charge in [-0.05, 0) is 31.2 Å². The summed E-state index contributed by atoms with van der Waals surface area (Å²) >= 11 is 6.07. The second kappa shape index (κ2) is 5.35. The average Bonchev–Trinajstić information content (AvgIpc) is 2.34. The number of hydrogen-bond donors (Lipinski definition) is 1. The van der Waals surface area contributed by atoms with Crippen LogP contribution < -0.4 is 0 Å². The van der Waals surface area contributed by atoms with Gasteiger partial charge in [-0.1, -0.05) is 35.5 Å². The molecule has 0 amide bonds. The second-order valence-corrected chi connectivity index (χ2v) is 4.92.